The molecule has 0 amide bonds. The smallest absolute Gasteiger partial charge is 0 e. The van der Waals surface area contributed by atoms with Crippen LogP contribution in [0.5, 0.6) is 0 Å². The third-order valence-corrected chi connectivity index (χ3v) is 0. The monoisotopic (exact) mass is 147 g/mol. The minimum absolute atomic E-state index is 0. The summed E-state index contributed by atoms with van der Waals surface area (Å²) in [7, 11) is 0. The molecule has 0 bridgehead atoms. The van der Waals surface area contributed by atoms with Gasteiger partial charge in [-0.15, -0.1) is 0 Å². The van der Waals surface area contributed by atoms with E-state index in [1.165, 1.54) is 13.2 Å². The van der Waals surface area contributed by atoms with Crippen LogP contribution < -0.4 is 0 Å². The van der Waals surface area contributed by atoms with Crippen LogP contribution in [-0.2, 0) is 37.5 Å². The molecule has 0 unspecified atom stereocenters. The van der Waals surface area contributed by atoms with E-state index >= 15 is 0 Å². The molecule has 0 aliphatic heterocycles. The summed E-state index contributed by atoms with van der Waals surface area (Å²) in [6.45, 7) is 1.32. The first-order chi connectivity index (χ1) is 1.41. The first-order valence-electron chi connectivity index (χ1n) is 0.704. The van der Waals surface area contributed by atoms with E-state index < -0.39 is 0 Å². The first kappa shape index (κ1) is 17.1. The van der Waals surface area contributed by atoms with Crippen molar-refractivity contribution in [2.24, 2.45) is 0 Å². The van der Waals surface area contributed by atoms with Crippen LogP contribution >= 0.6 is 0 Å². The van der Waals surface area contributed by atoms with Gasteiger partial charge in [-0.05, 0) is 0 Å². The fraction of sp³-hybridized carbons (Fsp3) is 0.333. The molecular weight excluding hydrogens is 141 g/mol. The Morgan fingerprint density at radius 3 is 1.60 bits per heavy atom. The number of hydrogen-bond donors (Lipinski definition) is 0. The molecule has 0 spiro atoms. The van der Waals surface area contributed by atoms with Crippen LogP contribution in [0.2, 0.25) is 0 Å². The molecular formula is C3H6OY-2. The van der Waals surface area contributed by atoms with Crippen molar-refractivity contribution in [3.8, 4) is 0 Å². The molecule has 0 rings (SSSR count). The molecule has 0 aromatic rings. The summed E-state index contributed by atoms with van der Waals surface area (Å²) in [6.07, 6.45) is 1.50. The van der Waals surface area contributed by atoms with Crippen LogP contribution in [0.15, 0.2) is 0 Å². The van der Waals surface area contributed by atoms with Gasteiger partial charge in [0.2, 0.25) is 0 Å². The van der Waals surface area contributed by atoms with E-state index in [0.717, 1.165) is 0 Å². The Balaban J connectivity index is -0.0000000200. The summed E-state index contributed by atoms with van der Waals surface area (Å²) in [6, 6.07) is 0. The van der Waals surface area contributed by atoms with Crippen LogP contribution in [-0.4, -0.2) is 6.29 Å². The Hall–Kier alpha value is 0.774. The minimum atomic E-state index is 0. The molecule has 0 aromatic heterocycles. The molecule has 0 saturated carbocycles. The van der Waals surface area contributed by atoms with Crippen LogP contribution in [0.3, 0.4) is 0 Å². The second-order valence-electron chi connectivity index (χ2n) is 0.204. The predicted octanol–water partition coefficient (Wildman–Crippen LogP) is 0.564. The second kappa shape index (κ2) is 21.6. The summed E-state index contributed by atoms with van der Waals surface area (Å²) in [5.41, 5.74) is 0. The van der Waals surface area contributed by atoms with Crippen molar-refractivity contribution in [1.82, 2.24) is 0 Å². The van der Waals surface area contributed by atoms with Crippen molar-refractivity contribution in [2.45, 2.75) is 6.92 Å². The van der Waals surface area contributed by atoms with E-state index in [1.807, 2.05) is 0 Å². The molecule has 0 aliphatic rings. The quantitative estimate of drug-likeness (QED) is 0.457. The van der Waals surface area contributed by atoms with Crippen molar-refractivity contribution in [3.05, 3.63) is 7.43 Å². The molecule has 0 aromatic carbocycles. The fourth-order valence-electron chi connectivity index (χ4n) is 0. The number of hydrogen-bond acceptors (Lipinski definition) is 1. The zero-order valence-electron chi connectivity index (χ0n) is 3.49. The molecule has 0 atom stereocenters. The van der Waals surface area contributed by atoms with E-state index in [4.69, 9.17) is 4.79 Å². The van der Waals surface area contributed by atoms with Gasteiger partial charge < -0.3 is 12.2 Å². The summed E-state index contributed by atoms with van der Waals surface area (Å²) in [4.78, 5) is 8.68. The van der Waals surface area contributed by atoms with Crippen molar-refractivity contribution < 1.29 is 37.5 Å². The van der Waals surface area contributed by atoms with Gasteiger partial charge in [0.1, 0.15) is 0 Å². The number of rotatable bonds is 0. The number of carbonyl (C=O) groups excluding carboxylic acids is 1. The Morgan fingerprint density at radius 1 is 1.60 bits per heavy atom. The fourth-order valence-corrected chi connectivity index (χ4v) is 0. The molecule has 1 nitrogen and oxygen atoms in total. The Morgan fingerprint density at radius 2 is 1.60 bits per heavy atom. The maximum absolute atomic E-state index is 8.68. The maximum Gasteiger partial charge on any atom is 0 e. The molecule has 0 aliphatic carbocycles. The predicted molar refractivity (Wildman–Crippen MR) is 17.8 cm³/mol. The molecule has 29 valence electrons. The van der Waals surface area contributed by atoms with E-state index in [2.05, 4.69) is 0 Å². The normalized spacial score (nSPS) is 2.60. The SMILES string of the molecule is C[C-]=O.[CH3-].[Y]. The van der Waals surface area contributed by atoms with Gasteiger partial charge in [-0.1, -0.05) is 0 Å². The third-order valence-electron chi connectivity index (χ3n) is 0. The van der Waals surface area contributed by atoms with Gasteiger partial charge in [-0.25, -0.2) is 0 Å². The molecule has 0 N–H and O–H groups in total. The molecule has 1 radical (unpaired) electrons. The van der Waals surface area contributed by atoms with Crippen LogP contribution in [0.1, 0.15) is 6.92 Å². The average molecular weight is 147 g/mol. The van der Waals surface area contributed by atoms with Gasteiger partial charge in [-0.3, -0.25) is 6.29 Å². The van der Waals surface area contributed by atoms with Gasteiger partial charge >= 0.3 is 0 Å². The van der Waals surface area contributed by atoms with Gasteiger partial charge in [-0.2, -0.15) is 6.92 Å². The van der Waals surface area contributed by atoms with Crippen molar-refractivity contribution in [1.29, 1.82) is 0 Å². The van der Waals surface area contributed by atoms with Gasteiger partial charge in [0.05, 0.1) is 0 Å². The molecule has 0 heterocycles. The van der Waals surface area contributed by atoms with E-state index in [1.54, 1.807) is 0 Å². The van der Waals surface area contributed by atoms with Crippen molar-refractivity contribution in [2.75, 3.05) is 0 Å². The maximum atomic E-state index is 8.68. The topological polar surface area (TPSA) is 17.1 Å². The standard InChI is InChI=1S/C2H3O.CH3.Y/c1-2-3;;/h1H3;1H3;/q2*-1;. The first-order valence-corrected chi connectivity index (χ1v) is 0.704. The Bertz CT molecular complexity index is 14.4. The van der Waals surface area contributed by atoms with Gasteiger partial charge in [0.25, 0.3) is 0 Å². The summed E-state index contributed by atoms with van der Waals surface area (Å²) in [5.74, 6) is 0. The van der Waals surface area contributed by atoms with Gasteiger partial charge in [0.15, 0.2) is 0 Å². The summed E-state index contributed by atoms with van der Waals surface area (Å²) in [5, 5.41) is 0. The summed E-state index contributed by atoms with van der Waals surface area (Å²) < 4.78 is 0. The summed E-state index contributed by atoms with van der Waals surface area (Å²) >= 11 is 0. The van der Waals surface area contributed by atoms with E-state index in [9.17, 15) is 0 Å². The van der Waals surface area contributed by atoms with E-state index in [0.29, 0.717) is 0 Å². The zero-order valence-corrected chi connectivity index (χ0v) is 6.32. The average Bonchev–Trinajstić information content (AvgIpc) is 0.918. The van der Waals surface area contributed by atoms with Crippen LogP contribution in [0, 0.1) is 7.43 Å². The van der Waals surface area contributed by atoms with Crippen LogP contribution in [0.25, 0.3) is 0 Å². The van der Waals surface area contributed by atoms with Crippen LogP contribution in [0.4, 0.5) is 0 Å². The Kier molecular flexibility index (Phi) is 73.9. The van der Waals surface area contributed by atoms with E-state index in [-0.39, 0.29) is 40.1 Å². The van der Waals surface area contributed by atoms with Crippen molar-refractivity contribution >= 4 is 6.29 Å². The molecule has 5 heavy (non-hydrogen) atoms. The largest absolute Gasteiger partial charge is 0.542 e. The third kappa shape index (κ3) is 61.3. The Labute approximate surface area is 58.0 Å². The molecule has 0 saturated heterocycles. The van der Waals surface area contributed by atoms with Crippen molar-refractivity contribution in [3.63, 3.8) is 0 Å². The second-order valence-corrected chi connectivity index (χ2v) is 0.204. The minimum Gasteiger partial charge on any atom is -0.542 e. The zero-order chi connectivity index (χ0) is 2.71. The van der Waals surface area contributed by atoms with Gasteiger partial charge in [0, 0.05) is 32.7 Å². The molecule has 2 heteroatoms. The molecule has 0 fully saturated rings.